The van der Waals surface area contributed by atoms with E-state index in [0.29, 0.717) is 23.2 Å². The number of aromatic amines is 1. The van der Waals surface area contributed by atoms with E-state index in [-0.39, 0.29) is 18.1 Å². The highest BCUT2D eigenvalue weighted by atomic mass is 79.9. The summed E-state index contributed by atoms with van der Waals surface area (Å²) in [5.74, 6) is -0.685. The van der Waals surface area contributed by atoms with Gasteiger partial charge in [0.05, 0.1) is 19.6 Å². The van der Waals surface area contributed by atoms with Crippen LogP contribution < -0.4 is 5.32 Å². The molecule has 27 heavy (non-hydrogen) atoms. The first kappa shape index (κ1) is 19.4. The average molecular weight is 433 g/mol. The van der Waals surface area contributed by atoms with Gasteiger partial charge < -0.3 is 15.0 Å². The minimum atomic E-state index is -0.534. The van der Waals surface area contributed by atoms with Crippen molar-refractivity contribution in [2.75, 3.05) is 7.11 Å². The molecule has 1 amide bonds. The van der Waals surface area contributed by atoms with E-state index < -0.39 is 12.0 Å². The fourth-order valence-electron chi connectivity index (χ4n) is 3.43. The van der Waals surface area contributed by atoms with Gasteiger partial charge in [0.15, 0.2) is 5.78 Å². The van der Waals surface area contributed by atoms with Gasteiger partial charge in [-0.1, -0.05) is 28.1 Å². The highest BCUT2D eigenvalue weighted by Crippen LogP contribution is 2.27. The number of aromatic nitrogens is 1. The molecule has 3 rings (SSSR count). The molecule has 1 aliphatic carbocycles. The monoisotopic (exact) mass is 432 g/mol. The Hall–Kier alpha value is -2.41. The molecule has 0 saturated heterocycles. The van der Waals surface area contributed by atoms with Crippen LogP contribution in [0.15, 0.2) is 28.7 Å². The average Bonchev–Trinajstić information content (AvgIpc) is 2.99. The number of rotatable bonds is 5. The number of esters is 1. The number of ketones is 1. The minimum Gasteiger partial charge on any atom is -0.469 e. The molecule has 2 N–H and O–H groups in total. The Morgan fingerprint density at radius 1 is 1.26 bits per heavy atom. The molecule has 0 saturated carbocycles. The van der Waals surface area contributed by atoms with Crippen molar-refractivity contribution < 1.29 is 19.1 Å². The topological polar surface area (TPSA) is 88.3 Å². The van der Waals surface area contributed by atoms with E-state index >= 15 is 0 Å². The second kappa shape index (κ2) is 8.08. The van der Waals surface area contributed by atoms with E-state index in [2.05, 4.69) is 26.2 Å². The quantitative estimate of drug-likeness (QED) is 0.705. The summed E-state index contributed by atoms with van der Waals surface area (Å²) in [5, 5.41) is 2.90. The Labute approximate surface area is 165 Å². The van der Waals surface area contributed by atoms with Gasteiger partial charge in [0.25, 0.3) is 5.91 Å². The fourth-order valence-corrected chi connectivity index (χ4v) is 3.69. The molecule has 1 aromatic heterocycles. The molecule has 0 radical (unpaired) electrons. The minimum absolute atomic E-state index is 0.0161. The molecule has 142 valence electrons. The molecule has 0 bridgehead atoms. The van der Waals surface area contributed by atoms with Gasteiger partial charge in [-0.2, -0.15) is 0 Å². The third-order valence-electron chi connectivity index (χ3n) is 4.84. The van der Waals surface area contributed by atoms with Crippen LogP contribution in [0.3, 0.4) is 0 Å². The summed E-state index contributed by atoms with van der Waals surface area (Å²) in [6, 6.07) is 6.85. The second-order valence-electron chi connectivity index (χ2n) is 6.61. The van der Waals surface area contributed by atoms with Crippen LogP contribution in [-0.4, -0.2) is 29.8 Å². The smallest absolute Gasteiger partial charge is 0.307 e. The van der Waals surface area contributed by atoms with Gasteiger partial charge in [0.2, 0.25) is 0 Å². The van der Waals surface area contributed by atoms with Crippen molar-refractivity contribution in [3.05, 3.63) is 56.8 Å². The third kappa shape index (κ3) is 4.13. The van der Waals surface area contributed by atoms with Crippen molar-refractivity contribution in [2.24, 2.45) is 0 Å². The van der Waals surface area contributed by atoms with Crippen LogP contribution in [0.2, 0.25) is 0 Å². The molecular weight excluding hydrogens is 412 g/mol. The van der Waals surface area contributed by atoms with Crippen molar-refractivity contribution in [1.29, 1.82) is 0 Å². The molecule has 1 atom stereocenters. The summed E-state index contributed by atoms with van der Waals surface area (Å²) in [5.41, 5.74) is 3.30. The molecule has 1 aromatic carbocycles. The first-order chi connectivity index (χ1) is 12.9. The van der Waals surface area contributed by atoms with E-state index in [1.807, 2.05) is 24.3 Å². The summed E-state index contributed by atoms with van der Waals surface area (Å²) >= 11 is 3.38. The van der Waals surface area contributed by atoms with Gasteiger partial charge in [0.1, 0.15) is 5.69 Å². The molecule has 2 aromatic rings. The molecule has 0 fully saturated rings. The zero-order valence-electron chi connectivity index (χ0n) is 15.2. The molecule has 1 aliphatic rings. The van der Waals surface area contributed by atoms with Gasteiger partial charge in [-0.15, -0.1) is 0 Å². The number of hydrogen-bond donors (Lipinski definition) is 2. The van der Waals surface area contributed by atoms with Crippen molar-refractivity contribution in [2.45, 2.75) is 38.6 Å². The lowest BCUT2D eigenvalue weighted by Crippen LogP contribution is -2.31. The second-order valence-corrected chi connectivity index (χ2v) is 7.53. The van der Waals surface area contributed by atoms with Gasteiger partial charge in [-0.25, -0.2) is 0 Å². The molecular formula is C20H21BrN2O4. The number of carbonyl (C=O) groups is 3. The summed E-state index contributed by atoms with van der Waals surface area (Å²) in [6.07, 6.45) is 2.07. The van der Waals surface area contributed by atoms with Crippen LogP contribution in [0, 0.1) is 6.92 Å². The van der Waals surface area contributed by atoms with Crippen molar-refractivity contribution in [3.63, 3.8) is 0 Å². The number of H-pyrrole nitrogens is 1. The van der Waals surface area contributed by atoms with Gasteiger partial charge in [-0.05, 0) is 43.0 Å². The number of methoxy groups -OCH3 is 1. The molecule has 7 heteroatoms. The first-order valence-electron chi connectivity index (χ1n) is 8.78. The van der Waals surface area contributed by atoms with Crippen LogP contribution in [0.4, 0.5) is 0 Å². The maximum Gasteiger partial charge on any atom is 0.307 e. The number of Topliss-reactive ketones (excluding diaryl/α,β-unsaturated/α-hetero) is 1. The summed E-state index contributed by atoms with van der Waals surface area (Å²) in [6.45, 7) is 1.78. The Balaban J connectivity index is 1.87. The third-order valence-corrected chi connectivity index (χ3v) is 5.37. The van der Waals surface area contributed by atoms with Crippen molar-refractivity contribution >= 4 is 33.6 Å². The molecule has 6 nitrogen and oxygen atoms in total. The first-order valence-corrected chi connectivity index (χ1v) is 9.57. The summed E-state index contributed by atoms with van der Waals surface area (Å²) in [7, 11) is 1.32. The standard InChI is InChI=1S/C20H21BrN2O4/c1-11-18-14(4-3-5-16(18)24)22-19(11)20(26)23-15(10-17(25)27-2)12-6-8-13(21)9-7-12/h6-9,15,22H,3-5,10H2,1-2H3,(H,23,26). The Bertz CT molecular complexity index is 886. The normalized spacial score (nSPS) is 14.4. The Morgan fingerprint density at radius 3 is 2.59 bits per heavy atom. The van der Waals surface area contributed by atoms with Crippen molar-refractivity contribution in [1.82, 2.24) is 10.3 Å². The molecule has 1 heterocycles. The van der Waals surface area contributed by atoms with E-state index in [0.717, 1.165) is 28.6 Å². The summed E-state index contributed by atoms with van der Waals surface area (Å²) in [4.78, 5) is 40.0. The number of benzene rings is 1. The lowest BCUT2D eigenvalue weighted by molar-refractivity contribution is -0.141. The predicted octanol–water partition coefficient (Wildman–Crippen LogP) is 3.64. The molecule has 0 spiro atoms. The van der Waals surface area contributed by atoms with Crippen molar-refractivity contribution in [3.8, 4) is 0 Å². The van der Waals surface area contributed by atoms with Crippen LogP contribution in [0.5, 0.6) is 0 Å². The van der Waals surface area contributed by atoms with E-state index in [9.17, 15) is 14.4 Å². The number of amides is 1. The number of carbonyl (C=O) groups excluding carboxylic acids is 3. The Morgan fingerprint density at radius 2 is 1.96 bits per heavy atom. The van der Waals surface area contributed by atoms with Crippen LogP contribution in [0.25, 0.3) is 0 Å². The lowest BCUT2D eigenvalue weighted by Gasteiger charge is -2.18. The van der Waals surface area contributed by atoms with Gasteiger partial charge >= 0.3 is 5.97 Å². The number of fused-ring (bicyclic) bond motifs is 1. The zero-order valence-corrected chi connectivity index (χ0v) is 16.8. The number of nitrogens with one attached hydrogen (secondary N) is 2. The van der Waals surface area contributed by atoms with E-state index in [1.54, 1.807) is 6.92 Å². The molecule has 1 unspecified atom stereocenters. The van der Waals surface area contributed by atoms with Gasteiger partial charge in [-0.3, -0.25) is 14.4 Å². The number of ether oxygens (including phenoxy) is 1. The number of hydrogen-bond acceptors (Lipinski definition) is 4. The zero-order chi connectivity index (χ0) is 19.6. The largest absolute Gasteiger partial charge is 0.469 e. The maximum atomic E-state index is 12.9. The fraction of sp³-hybridized carbons (Fsp3) is 0.350. The molecule has 0 aliphatic heterocycles. The predicted molar refractivity (Wildman–Crippen MR) is 104 cm³/mol. The highest BCUT2D eigenvalue weighted by Gasteiger charge is 2.28. The van der Waals surface area contributed by atoms with E-state index in [4.69, 9.17) is 4.74 Å². The van der Waals surface area contributed by atoms with Gasteiger partial charge in [0, 0.05) is 22.2 Å². The number of aryl methyl sites for hydroxylation is 1. The van der Waals surface area contributed by atoms with Crippen LogP contribution in [-0.2, 0) is 16.0 Å². The number of halogens is 1. The summed E-state index contributed by atoms with van der Waals surface area (Å²) < 4.78 is 5.67. The Kier molecular flexibility index (Phi) is 5.79. The van der Waals surface area contributed by atoms with Crippen LogP contribution >= 0.6 is 15.9 Å². The van der Waals surface area contributed by atoms with Crippen LogP contribution in [0.1, 0.15) is 63.0 Å². The maximum absolute atomic E-state index is 12.9. The lowest BCUT2D eigenvalue weighted by atomic mass is 9.93. The SMILES string of the molecule is COC(=O)CC(NC(=O)c1[nH]c2c(c1C)C(=O)CCC2)c1ccc(Br)cc1. The van der Waals surface area contributed by atoms with E-state index in [1.165, 1.54) is 7.11 Å². The highest BCUT2D eigenvalue weighted by molar-refractivity contribution is 9.10.